The number of hydrogen-bond donors (Lipinski definition) is 2. The molecule has 0 heterocycles. The molecule has 0 spiro atoms. The van der Waals surface area contributed by atoms with Gasteiger partial charge in [0.2, 0.25) is 0 Å². The van der Waals surface area contributed by atoms with Crippen molar-refractivity contribution in [2.45, 2.75) is 4.90 Å². The molecule has 5 nitrogen and oxygen atoms in total. The summed E-state index contributed by atoms with van der Waals surface area (Å²) >= 11 is 18.3. The molecule has 0 aliphatic rings. The highest BCUT2D eigenvalue weighted by Crippen LogP contribution is 2.31. The van der Waals surface area contributed by atoms with Crippen molar-refractivity contribution < 1.29 is 13.2 Å². The average Bonchev–Trinajstić information content (AvgIpc) is 2.65. The number of sulfonamides is 1. The van der Waals surface area contributed by atoms with E-state index in [-0.39, 0.29) is 36.9 Å². The average molecular weight is 456 g/mol. The van der Waals surface area contributed by atoms with E-state index in [1.54, 1.807) is 36.4 Å². The van der Waals surface area contributed by atoms with Crippen molar-refractivity contribution in [3.05, 3.63) is 87.4 Å². The van der Waals surface area contributed by atoms with Crippen LogP contribution in [-0.2, 0) is 10.0 Å². The van der Waals surface area contributed by atoms with Gasteiger partial charge in [0.05, 0.1) is 36.9 Å². The van der Waals surface area contributed by atoms with Crippen LogP contribution in [0.3, 0.4) is 0 Å². The Morgan fingerprint density at radius 2 is 1.43 bits per heavy atom. The molecule has 2 N–H and O–H groups in total. The minimum Gasteiger partial charge on any atom is -0.319 e. The molecule has 0 bridgehead atoms. The molecule has 0 saturated carbocycles. The van der Waals surface area contributed by atoms with Crippen LogP contribution in [0.1, 0.15) is 10.4 Å². The summed E-state index contributed by atoms with van der Waals surface area (Å²) in [5, 5.41) is 3.23. The zero-order valence-electron chi connectivity index (χ0n) is 14.1. The van der Waals surface area contributed by atoms with Gasteiger partial charge in [-0.2, -0.15) is 0 Å². The number of amides is 1. The Hall–Kier alpha value is -2.25. The zero-order chi connectivity index (χ0) is 20.3. The lowest BCUT2D eigenvalue weighted by molar-refractivity contribution is 0.102. The van der Waals surface area contributed by atoms with Gasteiger partial charge in [-0.05, 0) is 42.5 Å². The molecule has 0 radical (unpaired) electrons. The zero-order valence-corrected chi connectivity index (χ0v) is 17.2. The van der Waals surface area contributed by atoms with E-state index < -0.39 is 15.9 Å². The maximum absolute atomic E-state index is 12.5. The number of carbonyl (C=O) groups is 1. The van der Waals surface area contributed by atoms with Crippen LogP contribution in [0, 0.1) is 0 Å². The molecule has 0 aliphatic carbocycles. The van der Waals surface area contributed by atoms with Gasteiger partial charge in [0.25, 0.3) is 15.9 Å². The fourth-order valence-electron chi connectivity index (χ4n) is 2.37. The highest BCUT2D eigenvalue weighted by atomic mass is 35.5. The Kier molecular flexibility index (Phi) is 6.15. The Morgan fingerprint density at radius 3 is 2.04 bits per heavy atom. The van der Waals surface area contributed by atoms with E-state index in [0.29, 0.717) is 0 Å². The molecular weight excluding hydrogens is 443 g/mol. The predicted molar refractivity (Wildman–Crippen MR) is 113 cm³/mol. The summed E-state index contributed by atoms with van der Waals surface area (Å²) in [7, 11) is -3.77. The van der Waals surface area contributed by atoms with Gasteiger partial charge in [-0.25, -0.2) is 8.42 Å². The van der Waals surface area contributed by atoms with E-state index in [1.165, 1.54) is 30.3 Å². The van der Waals surface area contributed by atoms with E-state index in [0.717, 1.165) is 0 Å². The van der Waals surface area contributed by atoms with Crippen molar-refractivity contribution in [1.82, 2.24) is 0 Å². The van der Waals surface area contributed by atoms with Crippen LogP contribution < -0.4 is 10.0 Å². The molecule has 0 saturated heterocycles. The van der Waals surface area contributed by atoms with Crippen LogP contribution in [0.15, 0.2) is 71.6 Å². The van der Waals surface area contributed by atoms with Crippen molar-refractivity contribution in [2.75, 3.05) is 10.0 Å². The molecule has 3 aromatic carbocycles. The summed E-state index contributed by atoms with van der Waals surface area (Å²) in [5.41, 5.74) is 0.627. The van der Waals surface area contributed by atoms with Crippen molar-refractivity contribution in [2.24, 2.45) is 0 Å². The molecule has 3 aromatic rings. The van der Waals surface area contributed by atoms with Gasteiger partial charge in [0, 0.05) is 0 Å². The van der Waals surface area contributed by atoms with Crippen molar-refractivity contribution in [3.8, 4) is 0 Å². The first-order valence-corrected chi connectivity index (χ1v) is 10.5. The first-order valence-electron chi connectivity index (χ1n) is 7.91. The first kappa shape index (κ1) is 20.5. The number of benzene rings is 3. The lowest BCUT2D eigenvalue weighted by Crippen LogP contribution is -2.15. The fourth-order valence-corrected chi connectivity index (χ4v) is 4.20. The van der Waals surface area contributed by atoms with Crippen LogP contribution >= 0.6 is 34.8 Å². The normalized spacial score (nSPS) is 11.1. The van der Waals surface area contributed by atoms with Gasteiger partial charge in [-0.15, -0.1) is 0 Å². The Balaban J connectivity index is 1.82. The number of nitrogens with one attached hydrogen (secondary N) is 2. The Bertz CT molecular complexity index is 1120. The van der Waals surface area contributed by atoms with Crippen LogP contribution in [0.5, 0.6) is 0 Å². The molecule has 9 heteroatoms. The largest absolute Gasteiger partial charge is 0.319 e. The quantitative estimate of drug-likeness (QED) is 0.518. The molecule has 0 atom stereocenters. The Morgan fingerprint density at radius 1 is 0.786 bits per heavy atom. The first-order chi connectivity index (χ1) is 13.3. The molecule has 0 unspecified atom stereocenters. The summed E-state index contributed by atoms with van der Waals surface area (Å²) in [5.74, 6) is -0.530. The van der Waals surface area contributed by atoms with Crippen LogP contribution in [0.4, 0.5) is 11.4 Å². The lowest BCUT2D eigenvalue weighted by Gasteiger charge is -2.12. The van der Waals surface area contributed by atoms with Gasteiger partial charge in [0.1, 0.15) is 0 Å². The highest BCUT2D eigenvalue weighted by molar-refractivity contribution is 7.92. The lowest BCUT2D eigenvalue weighted by atomic mass is 10.2. The fraction of sp³-hybridized carbons (Fsp3) is 0. The van der Waals surface area contributed by atoms with Gasteiger partial charge in [-0.3, -0.25) is 9.52 Å². The third-order valence-electron chi connectivity index (χ3n) is 3.72. The van der Waals surface area contributed by atoms with E-state index in [4.69, 9.17) is 34.8 Å². The highest BCUT2D eigenvalue weighted by Gasteiger charge is 2.17. The van der Waals surface area contributed by atoms with Crippen molar-refractivity contribution in [3.63, 3.8) is 0 Å². The Labute approximate surface area is 177 Å². The minimum atomic E-state index is -3.77. The number of anilines is 2. The van der Waals surface area contributed by atoms with Crippen molar-refractivity contribution >= 4 is 62.1 Å². The number of halogens is 3. The molecule has 0 aliphatic heterocycles. The van der Waals surface area contributed by atoms with Crippen LogP contribution in [0.25, 0.3) is 0 Å². The monoisotopic (exact) mass is 454 g/mol. The maximum atomic E-state index is 12.5. The predicted octanol–water partition coefficient (Wildman–Crippen LogP) is 5.70. The second-order valence-corrected chi connectivity index (χ2v) is 8.57. The SMILES string of the molecule is O=C(Nc1c(Cl)cccc1Cl)c1ccc(NS(=O)(=O)c2ccccc2)cc1Cl. The van der Waals surface area contributed by atoms with E-state index in [2.05, 4.69) is 10.0 Å². The van der Waals surface area contributed by atoms with E-state index >= 15 is 0 Å². The number of carbonyl (C=O) groups excluding carboxylic acids is 1. The molecule has 144 valence electrons. The summed E-state index contributed by atoms with van der Waals surface area (Å²) in [6, 6.07) is 16.9. The van der Waals surface area contributed by atoms with E-state index in [1.807, 2.05) is 0 Å². The third-order valence-corrected chi connectivity index (χ3v) is 6.06. The molecule has 28 heavy (non-hydrogen) atoms. The number of hydrogen-bond acceptors (Lipinski definition) is 3. The molecular formula is C19H13Cl3N2O3S. The van der Waals surface area contributed by atoms with Crippen molar-refractivity contribution in [1.29, 1.82) is 0 Å². The summed E-state index contributed by atoms with van der Waals surface area (Å²) in [4.78, 5) is 12.6. The van der Waals surface area contributed by atoms with Gasteiger partial charge >= 0.3 is 0 Å². The molecule has 0 fully saturated rings. The standard InChI is InChI=1S/C19H13Cl3N2O3S/c20-15-7-4-8-16(21)18(15)23-19(25)14-10-9-12(11-17(14)22)24-28(26,27)13-5-2-1-3-6-13/h1-11,24H,(H,23,25). The van der Waals surface area contributed by atoms with Gasteiger partial charge in [-0.1, -0.05) is 59.1 Å². The van der Waals surface area contributed by atoms with Gasteiger partial charge in [0.15, 0.2) is 0 Å². The summed E-state index contributed by atoms with van der Waals surface area (Å²) in [6.07, 6.45) is 0. The van der Waals surface area contributed by atoms with Crippen LogP contribution in [-0.4, -0.2) is 14.3 Å². The molecule has 1 amide bonds. The maximum Gasteiger partial charge on any atom is 0.261 e. The van der Waals surface area contributed by atoms with Crippen LogP contribution in [0.2, 0.25) is 15.1 Å². The summed E-state index contributed by atoms with van der Waals surface area (Å²) in [6.45, 7) is 0. The number of rotatable bonds is 5. The molecule has 0 aromatic heterocycles. The van der Waals surface area contributed by atoms with Gasteiger partial charge < -0.3 is 5.32 Å². The number of para-hydroxylation sites is 1. The minimum absolute atomic E-state index is 0.0638. The second kappa shape index (κ2) is 8.41. The summed E-state index contributed by atoms with van der Waals surface area (Å²) < 4.78 is 27.2. The van der Waals surface area contributed by atoms with E-state index in [9.17, 15) is 13.2 Å². The molecule has 3 rings (SSSR count). The third kappa shape index (κ3) is 4.59. The topological polar surface area (TPSA) is 75.3 Å². The second-order valence-electron chi connectivity index (χ2n) is 5.66. The smallest absolute Gasteiger partial charge is 0.261 e.